The van der Waals surface area contributed by atoms with Crippen LogP contribution in [0, 0.1) is 0 Å². The largest absolute Gasteiger partial charge is 0.368 e. The first-order valence-electron chi connectivity index (χ1n) is 7.63. The Morgan fingerprint density at radius 2 is 2.08 bits per heavy atom. The van der Waals surface area contributed by atoms with E-state index in [1.807, 2.05) is 16.7 Å². The molecule has 0 unspecified atom stereocenters. The molecule has 0 aliphatic rings. The Kier molecular flexibility index (Phi) is 5.48. The van der Waals surface area contributed by atoms with Crippen molar-refractivity contribution in [3.8, 4) is 0 Å². The quantitative estimate of drug-likeness (QED) is 0.490. The van der Waals surface area contributed by atoms with Gasteiger partial charge in [-0.3, -0.25) is 0 Å². The minimum atomic E-state index is 0.255. The first-order valence-corrected chi connectivity index (χ1v) is 9.37. The van der Waals surface area contributed by atoms with Crippen molar-refractivity contribution in [2.45, 2.75) is 37.1 Å². The number of rotatable bonds is 6. The molecule has 0 amide bonds. The third-order valence-electron chi connectivity index (χ3n) is 3.58. The van der Waals surface area contributed by atoms with Gasteiger partial charge in [0, 0.05) is 22.3 Å². The number of nitrogen functional groups attached to an aromatic ring is 1. The maximum atomic E-state index is 6.23. The Morgan fingerprint density at radius 3 is 2.83 bits per heavy atom. The van der Waals surface area contributed by atoms with Crippen LogP contribution in [0.4, 0.5) is 5.95 Å². The van der Waals surface area contributed by atoms with Gasteiger partial charge < -0.3 is 10.3 Å². The fraction of sp³-hybridized carbons (Fsp3) is 0.312. The Hall–Kier alpha value is -1.50. The van der Waals surface area contributed by atoms with E-state index >= 15 is 0 Å². The van der Waals surface area contributed by atoms with Gasteiger partial charge >= 0.3 is 0 Å². The third-order valence-corrected chi connectivity index (χ3v) is 5.18. The van der Waals surface area contributed by atoms with Crippen molar-refractivity contribution in [3.05, 3.63) is 40.1 Å². The number of halogens is 2. The van der Waals surface area contributed by atoms with Crippen LogP contribution in [0.1, 0.15) is 25.3 Å². The molecule has 2 aromatic heterocycles. The number of thioether (sulfide) groups is 1. The van der Waals surface area contributed by atoms with E-state index in [-0.39, 0.29) is 5.95 Å². The van der Waals surface area contributed by atoms with E-state index in [0.29, 0.717) is 15.8 Å². The summed E-state index contributed by atoms with van der Waals surface area (Å²) < 4.78 is 2.02. The van der Waals surface area contributed by atoms with Crippen molar-refractivity contribution in [3.63, 3.8) is 0 Å². The van der Waals surface area contributed by atoms with Gasteiger partial charge in [0.2, 0.25) is 5.95 Å². The molecule has 2 N–H and O–H groups in total. The van der Waals surface area contributed by atoms with Gasteiger partial charge in [0.1, 0.15) is 10.5 Å². The molecular formula is C16H17Cl2N5S. The number of aryl methyl sites for hydroxylation is 1. The monoisotopic (exact) mass is 381 g/mol. The highest BCUT2D eigenvalue weighted by Crippen LogP contribution is 2.31. The van der Waals surface area contributed by atoms with E-state index in [1.165, 1.54) is 11.8 Å². The van der Waals surface area contributed by atoms with Gasteiger partial charge in [-0.25, -0.2) is 9.97 Å². The summed E-state index contributed by atoms with van der Waals surface area (Å²) in [6, 6.07) is 5.48. The number of benzene rings is 1. The number of unbranched alkanes of at least 4 members (excludes halogenated alkanes) is 1. The topological polar surface area (TPSA) is 69.6 Å². The number of anilines is 1. The van der Waals surface area contributed by atoms with Crippen molar-refractivity contribution < 1.29 is 0 Å². The second-order valence-corrected chi connectivity index (χ2v) is 7.18. The molecule has 0 saturated carbocycles. The van der Waals surface area contributed by atoms with E-state index in [9.17, 15) is 0 Å². The molecular weight excluding hydrogens is 365 g/mol. The van der Waals surface area contributed by atoms with Crippen molar-refractivity contribution in [1.82, 2.24) is 19.5 Å². The lowest BCUT2D eigenvalue weighted by atomic mass is 10.2. The number of hydrogen-bond acceptors (Lipinski definition) is 5. The molecule has 24 heavy (non-hydrogen) atoms. The molecule has 0 radical (unpaired) electrons. The summed E-state index contributed by atoms with van der Waals surface area (Å²) in [7, 11) is 0. The van der Waals surface area contributed by atoms with Gasteiger partial charge in [0.05, 0.1) is 6.33 Å². The Bertz CT molecular complexity index is 865. The van der Waals surface area contributed by atoms with Crippen LogP contribution in [0.3, 0.4) is 0 Å². The molecule has 0 spiro atoms. The molecule has 8 heteroatoms. The Labute approximate surface area is 154 Å². The van der Waals surface area contributed by atoms with Crippen LogP contribution in [0.15, 0.2) is 29.6 Å². The predicted molar refractivity (Wildman–Crippen MR) is 101 cm³/mol. The van der Waals surface area contributed by atoms with Gasteiger partial charge in [0.15, 0.2) is 5.65 Å². The summed E-state index contributed by atoms with van der Waals surface area (Å²) in [5, 5.41) is 2.03. The molecule has 0 saturated heterocycles. The van der Waals surface area contributed by atoms with Crippen LogP contribution in [0.2, 0.25) is 10.0 Å². The summed E-state index contributed by atoms with van der Waals surface area (Å²) in [5.74, 6) is 0.911. The lowest BCUT2D eigenvalue weighted by Crippen LogP contribution is -2.02. The average Bonchev–Trinajstić information content (AvgIpc) is 2.94. The standard InChI is InChI=1S/C16H17Cl2N5S/c1-2-3-6-23-9-20-13-14(23)21-16(19)22-15(13)24-8-10-4-5-11(17)7-12(10)18/h4-5,7,9H,2-3,6,8H2,1H3,(H2,19,21,22). The van der Waals surface area contributed by atoms with Gasteiger partial charge in [-0.1, -0.05) is 54.4 Å². The fourth-order valence-corrected chi connectivity index (χ4v) is 3.85. The molecule has 3 rings (SSSR count). The third kappa shape index (κ3) is 3.77. The van der Waals surface area contributed by atoms with Gasteiger partial charge in [-0.2, -0.15) is 4.98 Å². The van der Waals surface area contributed by atoms with Crippen LogP contribution < -0.4 is 5.73 Å². The Morgan fingerprint density at radius 1 is 1.25 bits per heavy atom. The molecule has 0 atom stereocenters. The maximum Gasteiger partial charge on any atom is 0.223 e. The van der Waals surface area contributed by atoms with Gasteiger partial charge in [0.25, 0.3) is 0 Å². The lowest BCUT2D eigenvalue weighted by molar-refractivity contribution is 0.641. The number of fused-ring (bicyclic) bond motifs is 1. The number of nitrogens with two attached hydrogens (primary N) is 1. The molecule has 126 valence electrons. The smallest absolute Gasteiger partial charge is 0.223 e. The van der Waals surface area contributed by atoms with Crippen LogP contribution in [0.5, 0.6) is 0 Å². The highest BCUT2D eigenvalue weighted by molar-refractivity contribution is 7.98. The minimum absolute atomic E-state index is 0.255. The average molecular weight is 382 g/mol. The molecule has 1 aromatic carbocycles. The highest BCUT2D eigenvalue weighted by atomic mass is 35.5. The second kappa shape index (κ2) is 7.59. The summed E-state index contributed by atoms with van der Waals surface area (Å²) >= 11 is 13.7. The first-order chi connectivity index (χ1) is 11.6. The number of aromatic nitrogens is 4. The molecule has 0 bridgehead atoms. The summed E-state index contributed by atoms with van der Waals surface area (Å²) in [4.78, 5) is 13.2. The lowest BCUT2D eigenvalue weighted by Gasteiger charge is -2.07. The normalized spacial score (nSPS) is 11.3. The molecule has 2 heterocycles. The van der Waals surface area contributed by atoms with Crippen molar-refractivity contribution in [2.24, 2.45) is 0 Å². The Balaban J connectivity index is 1.87. The second-order valence-electron chi connectivity index (χ2n) is 5.38. The van der Waals surface area contributed by atoms with E-state index in [4.69, 9.17) is 28.9 Å². The minimum Gasteiger partial charge on any atom is -0.368 e. The van der Waals surface area contributed by atoms with Crippen LogP contribution in [-0.4, -0.2) is 19.5 Å². The molecule has 0 fully saturated rings. The molecule has 5 nitrogen and oxygen atoms in total. The van der Waals surface area contributed by atoms with Crippen LogP contribution in [0.25, 0.3) is 11.2 Å². The number of nitrogens with zero attached hydrogens (tertiary/aromatic N) is 4. The van der Waals surface area contributed by atoms with E-state index in [1.54, 1.807) is 12.4 Å². The van der Waals surface area contributed by atoms with E-state index in [2.05, 4.69) is 21.9 Å². The van der Waals surface area contributed by atoms with Gasteiger partial charge in [-0.15, -0.1) is 0 Å². The van der Waals surface area contributed by atoms with E-state index < -0.39 is 0 Å². The highest BCUT2D eigenvalue weighted by Gasteiger charge is 2.13. The van der Waals surface area contributed by atoms with Crippen molar-refractivity contribution in [2.75, 3.05) is 5.73 Å². The summed E-state index contributed by atoms with van der Waals surface area (Å²) in [6.45, 7) is 3.02. The SMILES string of the molecule is CCCCn1cnc2c(SCc3ccc(Cl)cc3Cl)nc(N)nc21. The van der Waals surface area contributed by atoms with Crippen molar-refractivity contribution in [1.29, 1.82) is 0 Å². The number of imidazole rings is 1. The van der Waals surface area contributed by atoms with Crippen LogP contribution >= 0.6 is 35.0 Å². The van der Waals surface area contributed by atoms with Crippen molar-refractivity contribution >= 4 is 52.1 Å². The van der Waals surface area contributed by atoms with Crippen LogP contribution in [-0.2, 0) is 12.3 Å². The molecule has 0 aliphatic carbocycles. The number of hydrogen-bond donors (Lipinski definition) is 1. The predicted octanol–water partition coefficient (Wildman–Crippen LogP) is 4.81. The summed E-state index contributed by atoms with van der Waals surface area (Å²) in [6.07, 6.45) is 3.98. The zero-order valence-electron chi connectivity index (χ0n) is 13.2. The zero-order chi connectivity index (χ0) is 17.1. The molecule has 3 aromatic rings. The van der Waals surface area contributed by atoms with E-state index in [0.717, 1.165) is 41.1 Å². The zero-order valence-corrected chi connectivity index (χ0v) is 15.5. The molecule has 0 aliphatic heterocycles. The maximum absolute atomic E-state index is 6.23. The van der Waals surface area contributed by atoms with Gasteiger partial charge in [-0.05, 0) is 24.1 Å². The summed E-state index contributed by atoms with van der Waals surface area (Å²) in [5.41, 5.74) is 8.42. The first kappa shape index (κ1) is 17.3. The fourth-order valence-electron chi connectivity index (χ4n) is 2.31.